The second-order valence-corrected chi connectivity index (χ2v) is 8.06. The molecule has 0 saturated heterocycles. The highest BCUT2D eigenvalue weighted by atomic mass is 32.2. The van der Waals surface area contributed by atoms with Gasteiger partial charge in [-0.3, -0.25) is 4.72 Å². The van der Waals surface area contributed by atoms with Gasteiger partial charge in [-0.15, -0.1) is 0 Å². The van der Waals surface area contributed by atoms with Crippen molar-refractivity contribution in [2.75, 3.05) is 10.0 Å². The average molecular weight is 384 g/mol. The maximum Gasteiger partial charge on any atom is 0.261 e. The van der Waals surface area contributed by atoms with E-state index in [4.69, 9.17) is 0 Å². The highest BCUT2D eigenvalue weighted by Gasteiger charge is 2.14. The summed E-state index contributed by atoms with van der Waals surface area (Å²) >= 11 is 0. The maximum atomic E-state index is 13.6. The van der Waals surface area contributed by atoms with Crippen LogP contribution < -0.4 is 10.0 Å². The predicted octanol–water partition coefficient (Wildman–Crippen LogP) is 4.86. The zero-order valence-corrected chi connectivity index (χ0v) is 16.0. The van der Waals surface area contributed by atoms with Crippen LogP contribution in [0.5, 0.6) is 0 Å². The molecule has 0 spiro atoms. The molecule has 0 saturated carbocycles. The minimum atomic E-state index is -3.65. The molecule has 0 unspecified atom stereocenters. The van der Waals surface area contributed by atoms with Gasteiger partial charge < -0.3 is 5.32 Å². The fraction of sp³-hybridized carbons (Fsp3) is 0.143. The van der Waals surface area contributed by atoms with Crippen LogP contribution in [0.25, 0.3) is 0 Å². The molecule has 4 nitrogen and oxygen atoms in total. The SMILES string of the molecule is Cc1ccc(S(=O)(=O)Nc2ccc(NCc3ccccc3F)cc2)cc1C. The summed E-state index contributed by atoms with van der Waals surface area (Å²) in [5.41, 5.74) is 3.76. The predicted molar refractivity (Wildman–Crippen MR) is 107 cm³/mol. The lowest BCUT2D eigenvalue weighted by Crippen LogP contribution is -2.13. The van der Waals surface area contributed by atoms with E-state index < -0.39 is 10.0 Å². The van der Waals surface area contributed by atoms with Crippen LogP contribution in [0.1, 0.15) is 16.7 Å². The third-order valence-electron chi connectivity index (χ3n) is 4.37. The van der Waals surface area contributed by atoms with Gasteiger partial charge in [0, 0.05) is 23.5 Å². The Bertz CT molecular complexity index is 1050. The fourth-order valence-corrected chi connectivity index (χ4v) is 3.73. The smallest absolute Gasteiger partial charge is 0.261 e. The van der Waals surface area contributed by atoms with Crippen molar-refractivity contribution in [2.45, 2.75) is 25.3 Å². The first-order valence-electron chi connectivity index (χ1n) is 8.52. The molecule has 6 heteroatoms. The average Bonchev–Trinajstić information content (AvgIpc) is 2.64. The molecule has 3 rings (SSSR count). The van der Waals surface area contributed by atoms with E-state index in [9.17, 15) is 12.8 Å². The Morgan fingerprint density at radius 1 is 0.852 bits per heavy atom. The summed E-state index contributed by atoms with van der Waals surface area (Å²) in [5.74, 6) is -0.261. The van der Waals surface area contributed by atoms with Crippen molar-refractivity contribution in [1.82, 2.24) is 0 Å². The normalized spacial score (nSPS) is 11.2. The lowest BCUT2D eigenvalue weighted by Gasteiger charge is -2.11. The number of hydrogen-bond acceptors (Lipinski definition) is 3. The fourth-order valence-electron chi connectivity index (χ4n) is 2.59. The van der Waals surface area contributed by atoms with Crippen molar-refractivity contribution in [3.63, 3.8) is 0 Å². The Morgan fingerprint density at radius 3 is 2.19 bits per heavy atom. The van der Waals surface area contributed by atoms with Crippen LogP contribution >= 0.6 is 0 Å². The molecule has 0 aliphatic heterocycles. The maximum absolute atomic E-state index is 13.6. The molecule has 0 atom stereocenters. The highest BCUT2D eigenvalue weighted by Crippen LogP contribution is 2.21. The van der Waals surface area contributed by atoms with Gasteiger partial charge in [0.25, 0.3) is 10.0 Å². The molecular formula is C21H21FN2O2S. The Labute approximate surface area is 159 Å². The molecule has 0 aliphatic rings. The number of aryl methyl sites for hydroxylation is 2. The van der Waals surface area contributed by atoms with Crippen LogP contribution in [0.15, 0.2) is 71.6 Å². The van der Waals surface area contributed by atoms with Gasteiger partial charge >= 0.3 is 0 Å². The third kappa shape index (κ3) is 4.65. The van der Waals surface area contributed by atoms with Gasteiger partial charge in [-0.1, -0.05) is 24.3 Å². The Kier molecular flexibility index (Phi) is 5.46. The summed E-state index contributed by atoms with van der Waals surface area (Å²) in [6.07, 6.45) is 0. The second kappa shape index (κ2) is 7.80. The Morgan fingerprint density at radius 2 is 1.52 bits per heavy atom. The van der Waals surface area contributed by atoms with Gasteiger partial charge in [-0.25, -0.2) is 12.8 Å². The van der Waals surface area contributed by atoms with Crippen LogP contribution in [0.3, 0.4) is 0 Å². The van der Waals surface area contributed by atoms with E-state index in [1.54, 1.807) is 60.7 Å². The highest BCUT2D eigenvalue weighted by molar-refractivity contribution is 7.92. The van der Waals surface area contributed by atoms with E-state index in [0.717, 1.165) is 16.8 Å². The topological polar surface area (TPSA) is 58.2 Å². The molecule has 0 fully saturated rings. The largest absolute Gasteiger partial charge is 0.381 e. The van der Waals surface area contributed by atoms with Crippen LogP contribution in [0, 0.1) is 19.7 Å². The second-order valence-electron chi connectivity index (χ2n) is 6.37. The molecule has 0 heterocycles. The minimum absolute atomic E-state index is 0.229. The quantitative estimate of drug-likeness (QED) is 0.638. The molecule has 3 aromatic carbocycles. The third-order valence-corrected chi connectivity index (χ3v) is 5.75. The number of hydrogen-bond donors (Lipinski definition) is 2. The summed E-state index contributed by atoms with van der Waals surface area (Å²) < 4.78 is 41.3. The Hall–Kier alpha value is -2.86. The van der Waals surface area contributed by atoms with E-state index in [0.29, 0.717) is 17.8 Å². The van der Waals surface area contributed by atoms with Gasteiger partial charge in [-0.05, 0) is 67.4 Å². The number of anilines is 2. The van der Waals surface area contributed by atoms with Gasteiger partial charge in [0.15, 0.2) is 0 Å². The Balaban J connectivity index is 1.68. The van der Waals surface area contributed by atoms with Crippen molar-refractivity contribution in [3.05, 3.63) is 89.2 Å². The summed E-state index contributed by atoms with van der Waals surface area (Å²) in [6.45, 7) is 4.16. The number of nitrogens with one attached hydrogen (secondary N) is 2. The van der Waals surface area contributed by atoms with Crippen molar-refractivity contribution < 1.29 is 12.8 Å². The van der Waals surface area contributed by atoms with Crippen LogP contribution in [0.4, 0.5) is 15.8 Å². The van der Waals surface area contributed by atoms with Crippen LogP contribution in [-0.4, -0.2) is 8.42 Å². The molecule has 0 bridgehead atoms. The first-order valence-corrected chi connectivity index (χ1v) is 10.0. The molecule has 140 valence electrons. The first kappa shape index (κ1) is 18.9. The number of rotatable bonds is 6. The molecule has 2 N–H and O–H groups in total. The standard InChI is InChI=1S/C21H21FN2O2S/c1-15-7-12-20(13-16(15)2)27(25,26)24-19-10-8-18(9-11-19)23-14-17-5-3-4-6-21(17)22/h3-13,23-24H,14H2,1-2H3. The molecule has 0 aliphatic carbocycles. The summed E-state index contributed by atoms with van der Waals surface area (Å²) in [6, 6.07) is 18.4. The molecule has 0 amide bonds. The van der Waals surface area contributed by atoms with E-state index in [1.807, 2.05) is 13.8 Å². The number of halogens is 1. The molecule has 3 aromatic rings. The molecular weight excluding hydrogens is 363 g/mol. The van der Waals surface area contributed by atoms with Gasteiger partial charge in [0.05, 0.1) is 4.90 Å². The van der Waals surface area contributed by atoms with Crippen molar-refractivity contribution >= 4 is 21.4 Å². The monoisotopic (exact) mass is 384 g/mol. The van der Waals surface area contributed by atoms with Crippen LogP contribution in [0.2, 0.25) is 0 Å². The van der Waals surface area contributed by atoms with Crippen molar-refractivity contribution in [2.24, 2.45) is 0 Å². The summed E-state index contributed by atoms with van der Waals surface area (Å²) in [5, 5.41) is 3.12. The lowest BCUT2D eigenvalue weighted by molar-refractivity contribution is 0.601. The van der Waals surface area contributed by atoms with E-state index in [1.165, 1.54) is 6.07 Å². The summed E-state index contributed by atoms with van der Waals surface area (Å²) in [4.78, 5) is 0.229. The van der Waals surface area contributed by atoms with E-state index in [2.05, 4.69) is 10.0 Å². The summed E-state index contributed by atoms with van der Waals surface area (Å²) in [7, 11) is -3.65. The van der Waals surface area contributed by atoms with Gasteiger partial charge in [-0.2, -0.15) is 0 Å². The van der Waals surface area contributed by atoms with E-state index >= 15 is 0 Å². The number of sulfonamides is 1. The van der Waals surface area contributed by atoms with Crippen LogP contribution in [-0.2, 0) is 16.6 Å². The molecule has 0 radical (unpaired) electrons. The van der Waals surface area contributed by atoms with Gasteiger partial charge in [0.1, 0.15) is 5.82 Å². The zero-order valence-electron chi connectivity index (χ0n) is 15.2. The van der Waals surface area contributed by atoms with Crippen molar-refractivity contribution in [1.29, 1.82) is 0 Å². The molecule has 27 heavy (non-hydrogen) atoms. The molecule has 0 aromatic heterocycles. The van der Waals surface area contributed by atoms with Crippen molar-refractivity contribution in [3.8, 4) is 0 Å². The van der Waals surface area contributed by atoms with E-state index in [-0.39, 0.29) is 10.7 Å². The minimum Gasteiger partial charge on any atom is -0.381 e. The van der Waals surface area contributed by atoms with Gasteiger partial charge in [0.2, 0.25) is 0 Å². The number of benzene rings is 3. The lowest BCUT2D eigenvalue weighted by atomic mass is 10.1. The first-order chi connectivity index (χ1) is 12.8. The zero-order chi connectivity index (χ0) is 19.4.